The van der Waals surface area contributed by atoms with Crippen molar-refractivity contribution in [3.63, 3.8) is 0 Å². The van der Waals surface area contributed by atoms with E-state index >= 15 is 0 Å². The monoisotopic (exact) mass is 382 g/mol. The van der Waals surface area contributed by atoms with E-state index in [9.17, 15) is 0 Å². The van der Waals surface area contributed by atoms with Gasteiger partial charge in [-0.25, -0.2) is 4.98 Å². The molecule has 3 aromatic rings. The minimum Gasteiger partial charge on any atom is -0.383 e. The zero-order valence-electron chi connectivity index (χ0n) is 15.1. The first-order chi connectivity index (χ1) is 13.1. The van der Waals surface area contributed by atoms with Crippen LogP contribution in [0.15, 0.2) is 21.8 Å². The van der Waals surface area contributed by atoms with Gasteiger partial charge in [0.15, 0.2) is 0 Å². The molecule has 1 saturated carbocycles. The van der Waals surface area contributed by atoms with Gasteiger partial charge in [0.2, 0.25) is 0 Å². The molecule has 2 aliphatic rings. The Kier molecular flexibility index (Phi) is 3.62. The molecule has 0 radical (unpaired) electrons. The van der Waals surface area contributed by atoms with E-state index in [1.165, 1.54) is 0 Å². The number of halogens is 1. The van der Waals surface area contributed by atoms with Crippen LogP contribution in [0.4, 0.5) is 5.82 Å². The molecule has 2 N–H and O–H groups in total. The molecule has 5 rings (SSSR count). The van der Waals surface area contributed by atoms with Gasteiger partial charge in [-0.15, -0.1) is 0 Å². The third-order valence-electron chi connectivity index (χ3n) is 4.99. The molecule has 4 heterocycles. The summed E-state index contributed by atoms with van der Waals surface area (Å²) in [5.41, 5.74) is 10.1. The summed E-state index contributed by atoms with van der Waals surface area (Å²) in [6, 6.07) is 0.0996. The second kappa shape index (κ2) is 5.92. The maximum atomic E-state index is 6.45. The van der Waals surface area contributed by atoms with Gasteiger partial charge < -0.3 is 10.3 Å². The summed E-state index contributed by atoms with van der Waals surface area (Å²) in [4.78, 5) is 8.76. The molecule has 7 nitrogen and oxygen atoms in total. The van der Waals surface area contributed by atoms with Gasteiger partial charge in [0.1, 0.15) is 23.0 Å². The first kappa shape index (κ1) is 16.5. The lowest BCUT2D eigenvalue weighted by atomic mass is 10.0. The van der Waals surface area contributed by atoms with Gasteiger partial charge in [-0.1, -0.05) is 22.8 Å². The second-order valence-electron chi connectivity index (χ2n) is 7.28. The van der Waals surface area contributed by atoms with E-state index in [1.54, 1.807) is 6.20 Å². The lowest BCUT2D eigenvalue weighted by molar-refractivity contribution is 0.385. The van der Waals surface area contributed by atoms with Crippen LogP contribution in [0.2, 0.25) is 5.02 Å². The maximum absolute atomic E-state index is 6.45. The zero-order valence-corrected chi connectivity index (χ0v) is 15.9. The van der Waals surface area contributed by atoms with Crippen molar-refractivity contribution in [2.75, 3.05) is 5.73 Å². The van der Waals surface area contributed by atoms with Crippen LogP contribution in [0, 0.1) is 0 Å². The molecular formula is C19H19ClN6O. The lowest BCUT2D eigenvalue weighted by Gasteiger charge is -2.07. The predicted molar refractivity (Wildman–Crippen MR) is 106 cm³/mol. The molecule has 138 valence electrons. The normalized spacial score (nSPS) is 16.7. The number of fused-ring (bicyclic) bond motifs is 1. The molecular weight excluding hydrogens is 364 g/mol. The molecule has 1 fully saturated rings. The molecule has 0 aromatic carbocycles. The second-order valence-corrected chi connectivity index (χ2v) is 7.69. The maximum Gasteiger partial charge on any atom is 0.149 e. The van der Waals surface area contributed by atoms with Gasteiger partial charge in [-0.2, -0.15) is 5.10 Å². The van der Waals surface area contributed by atoms with E-state index in [0.717, 1.165) is 41.8 Å². The Labute approximate surface area is 160 Å². The van der Waals surface area contributed by atoms with Crippen molar-refractivity contribution in [2.24, 2.45) is 4.99 Å². The van der Waals surface area contributed by atoms with Crippen LogP contribution >= 0.6 is 11.6 Å². The molecule has 0 spiro atoms. The standard InChI is InChI=1S/C19H19ClN6O/c1-9(2)26-17-11(20)8-23-19(21)14(17)15(24-26)16-13(12-4-3-7-22-12)18(27-25-16)10-5-6-10/h4,7-10H,3,5-6H2,1-2H3,(H2,21,23). The Morgan fingerprint density at radius 3 is 2.78 bits per heavy atom. The summed E-state index contributed by atoms with van der Waals surface area (Å²) in [6.45, 7) is 4.10. The number of nitrogens with two attached hydrogens (primary N) is 1. The lowest BCUT2D eigenvalue weighted by Crippen LogP contribution is -2.03. The highest BCUT2D eigenvalue weighted by molar-refractivity contribution is 6.35. The highest BCUT2D eigenvalue weighted by Gasteiger charge is 2.36. The molecule has 8 heteroatoms. The molecule has 0 bridgehead atoms. The molecule has 27 heavy (non-hydrogen) atoms. The Balaban J connectivity index is 1.83. The number of aliphatic imine (C=N–C) groups is 1. The molecule has 0 amide bonds. The van der Waals surface area contributed by atoms with E-state index in [0.29, 0.717) is 33.5 Å². The fourth-order valence-electron chi connectivity index (χ4n) is 3.57. The summed E-state index contributed by atoms with van der Waals surface area (Å²) in [5, 5.41) is 10.4. The molecule has 0 atom stereocenters. The van der Waals surface area contributed by atoms with E-state index in [-0.39, 0.29) is 6.04 Å². The highest BCUT2D eigenvalue weighted by atomic mass is 35.5. The fourth-order valence-corrected chi connectivity index (χ4v) is 3.80. The smallest absolute Gasteiger partial charge is 0.149 e. The van der Waals surface area contributed by atoms with Crippen molar-refractivity contribution < 1.29 is 4.52 Å². The van der Waals surface area contributed by atoms with Gasteiger partial charge in [0.25, 0.3) is 0 Å². The molecule has 0 saturated heterocycles. The van der Waals surface area contributed by atoms with Gasteiger partial charge >= 0.3 is 0 Å². The van der Waals surface area contributed by atoms with Gasteiger partial charge in [-0.05, 0) is 26.7 Å². The number of rotatable bonds is 4. The first-order valence-electron chi connectivity index (χ1n) is 9.11. The Bertz CT molecular complexity index is 1120. The number of hydrogen-bond acceptors (Lipinski definition) is 6. The summed E-state index contributed by atoms with van der Waals surface area (Å²) in [5.74, 6) is 1.66. The van der Waals surface area contributed by atoms with Crippen LogP contribution in [0.5, 0.6) is 0 Å². The minimum absolute atomic E-state index is 0.0996. The number of anilines is 1. The van der Waals surface area contributed by atoms with Crippen LogP contribution in [0.1, 0.15) is 56.4 Å². The molecule has 3 aromatic heterocycles. The van der Waals surface area contributed by atoms with E-state index < -0.39 is 0 Å². The highest BCUT2D eigenvalue weighted by Crippen LogP contribution is 2.48. The average molecular weight is 383 g/mol. The number of hydrogen-bond donors (Lipinski definition) is 1. The van der Waals surface area contributed by atoms with Crippen molar-refractivity contribution >= 4 is 40.2 Å². The third kappa shape index (κ3) is 2.49. The topological polar surface area (TPSA) is 95.1 Å². The number of pyridine rings is 1. The molecule has 1 aliphatic carbocycles. The SMILES string of the molecule is CC(C)n1nc(-c2noc(C3CC3)c2C2=CCC=N2)c2c(N)ncc(Cl)c21. The number of aromatic nitrogens is 4. The van der Waals surface area contributed by atoms with E-state index in [1.807, 2.05) is 24.7 Å². The van der Waals surface area contributed by atoms with Crippen LogP contribution in [-0.4, -0.2) is 26.1 Å². The predicted octanol–water partition coefficient (Wildman–Crippen LogP) is 4.60. The summed E-state index contributed by atoms with van der Waals surface area (Å²) in [6.07, 6.45) is 8.55. The van der Waals surface area contributed by atoms with Crippen molar-refractivity contribution in [3.8, 4) is 11.4 Å². The van der Waals surface area contributed by atoms with Crippen molar-refractivity contribution in [3.05, 3.63) is 28.6 Å². The summed E-state index contributed by atoms with van der Waals surface area (Å²) < 4.78 is 7.63. The van der Waals surface area contributed by atoms with Crippen molar-refractivity contribution in [1.29, 1.82) is 0 Å². The third-order valence-corrected chi connectivity index (χ3v) is 5.27. The molecule has 1 aliphatic heterocycles. The summed E-state index contributed by atoms with van der Waals surface area (Å²) >= 11 is 6.45. The fraction of sp³-hybridized carbons (Fsp3) is 0.368. The Morgan fingerprint density at radius 2 is 2.11 bits per heavy atom. The van der Waals surface area contributed by atoms with E-state index in [2.05, 4.69) is 21.2 Å². The Morgan fingerprint density at radius 1 is 1.30 bits per heavy atom. The minimum atomic E-state index is 0.0996. The van der Waals surface area contributed by atoms with Gasteiger partial charge in [-0.3, -0.25) is 9.67 Å². The first-order valence-corrected chi connectivity index (χ1v) is 9.49. The van der Waals surface area contributed by atoms with Crippen molar-refractivity contribution in [1.82, 2.24) is 19.9 Å². The van der Waals surface area contributed by atoms with Gasteiger partial charge in [0, 0.05) is 24.6 Å². The van der Waals surface area contributed by atoms with Gasteiger partial charge in [0.05, 0.1) is 33.4 Å². The zero-order chi connectivity index (χ0) is 18.7. The number of nitrogens with zero attached hydrogens (tertiary/aromatic N) is 5. The Hall–Kier alpha value is -2.67. The largest absolute Gasteiger partial charge is 0.383 e. The quantitative estimate of drug-likeness (QED) is 0.711. The van der Waals surface area contributed by atoms with Crippen molar-refractivity contribution in [2.45, 2.75) is 45.1 Å². The number of allylic oxidation sites excluding steroid dienone is 1. The van der Waals surface area contributed by atoms with Crippen LogP contribution in [-0.2, 0) is 0 Å². The summed E-state index contributed by atoms with van der Waals surface area (Å²) in [7, 11) is 0. The van der Waals surface area contributed by atoms with Crippen LogP contribution in [0.3, 0.4) is 0 Å². The average Bonchev–Trinajstić information content (AvgIpc) is 3.07. The van der Waals surface area contributed by atoms with Crippen LogP contribution < -0.4 is 5.73 Å². The number of nitrogen functional groups attached to an aromatic ring is 1. The molecule has 0 unspecified atom stereocenters. The van der Waals surface area contributed by atoms with E-state index in [4.69, 9.17) is 27.0 Å². The van der Waals surface area contributed by atoms with Crippen LogP contribution in [0.25, 0.3) is 28.0 Å².